The Hall–Kier alpha value is -7.44. The van der Waals surface area contributed by atoms with Crippen LogP contribution in [0.3, 0.4) is 0 Å². The van der Waals surface area contributed by atoms with Crippen LogP contribution >= 0.6 is 0 Å². The van der Waals surface area contributed by atoms with Crippen LogP contribution in [0.4, 0.5) is 0 Å². The number of fused-ring (bicyclic) bond motifs is 8. The molecule has 8 aromatic rings. The monoisotopic (exact) mass is 1130 g/mol. The molecule has 444 valence electrons. The van der Waals surface area contributed by atoms with E-state index in [1.54, 1.807) is 0 Å². The highest BCUT2D eigenvalue weighted by atomic mass is 16.5. The van der Waals surface area contributed by atoms with Crippen molar-refractivity contribution in [2.45, 2.75) is 84.0 Å². The van der Waals surface area contributed by atoms with Crippen molar-refractivity contribution >= 4 is 22.3 Å². The molecule has 1 aliphatic heterocycles. The van der Waals surface area contributed by atoms with Gasteiger partial charge >= 0.3 is 0 Å². The molecule has 0 fully saturated rings. The average molecular weight is 1140 g/mol. The van der Waals surface area contributed by atoms with E-state index in [-0.39, 0.29) is 0 Å². The number of quaternary nitrogens is 3. The molecule has 8 bridgehead atoms. The minimum Gasteiger partial charge on any atom is -0.494 e. The van der Waals surface area contributed by atoms with Crippen molar-refractivity contribution in [1.82, 2.24) is 19.9 Å². The topological polar surface area (TPSA) is 100 Å². The number of nitrogens with zero attached hydrogens (tertiary/aromatic N) is 3. The molecule has 11 nitrogen and oxygen atoms in total. The number of aromatic amines is 4. The normalized spacial score (nSPS) is 13.0. The fourth-order valence-corrected chi connectivity index (χ4v) is 11.3. The second-order valence-electron chi connectivity index (χ2n) is 26.1. The molecule has 9 rings (SSSR count). The first-order valence-corrected chi connectivity index (χ1v) is 31.1. The van der Waals surface area contributed by atoms with Crippen molar-refractivity contribution in [3.05, 3.63) is 212 Å². The molecule has 4 N–H and O–H groups in total. The zero-order valence-electron chi connectivity index (χ0n) is 52.3. The van der Waals surface area contributed by atoms with Crippen LogP contribution < -0.4 is 40.3 Å². The van der Waals surface area contributed by atoms with Gasteiger partial charge in [0.05, 0.1) is 109 Å². The van der Waals surface area contributed by atoms with Gasteiger partial charge in [-0.2, -0.15) is 0 Å². The third kappa shape index (κ3) is 17.3. The van der Waals surface area contributed by atoms with Gasteiger partial charge in [-0.15, -0.1) is 0 Å². The van der Waals surface area contributed by atoms with Crippen LogP contribution in [0.5, 0.6) is 23.0 Å². The lowest BCUT2D eigenvalue weighted by Crippen LogP contribution is -2.36. The molecule has 4 aromatic carbocycles. The third-order valence-corrected chi connectivity index (χ3v) is 15.6. The van der Waals surface area contributed by atoms with Crippen molar-refractivity contribution in [1.29, 1.82) is 0 Å². The Balaban J connectivity index is 1.20. The zero-order chi connectivity index (χ0) is 59.1. The average Bonchev–Trinajstić information content (AvgIpc) is 2.41. The number of ether oxygens (including phenoxy) is 4. The van der Waals surface area contributed by atoms with Gasteiger partial charge in [-0.05, 0) is 126 Å². The number of H-pyrrole nitrogens is 4. The van der Waals surface area contributed by atoms with Gasteiger partial charge in [0.25, 0.3) is 0 Å². The predicted octanol–water partition coefficient (Wildman–Crippen LogP) is 11.6. The summed E-state index contributed by atoms with van der Waals surface area (Å²) in [6.07, 6.45) is 14.3. The molecule has 5 heterocycles. The van der Waals surface area contributed by atoms with E-state index in [2.05, 4.69) is 236 Å². The summed E-state index contributed by atoms with van der Waals surface area (Å²) in [4.78, 5) is 16.0. The van der Waals surface area contributed by atoms with Crippen LogP contribution in [0.2, 0.25) is 0 Å². The second kappa shape index (κ2) is 28.4. The maximum Gasteiger partial charge on any atom is 0.119 e. The van der Waals surface area contributed by atoms with Gasteiger partial charge in [-0.3, -0.25) is 0 Å². The van der Waals surface area contributed by atoms with Crippen LogP contribution in [0.15, 0.2) is 146 Å². The number of hydrogen-bond donors (Lipinski definition) is 4. The van der Waals surface area contributed by atoms with Gasteiger partial charge < -0.3 is 52.3 Å². The fraction of sp³-hybridized carbons (Fsp3) is 0.397. The summed E-state index contributed by atoms with van der Waals surface area (Å²) >= 11 is 0. The summed E-state index contributed by atoms with van der Waals surface area (Å²) in [5.41, 5.74) is 12.1. The Bertz CT molecular complexity index is 3670. The molecular weight excluding hydrogens is 1040 g/mol. The lowest BCUT2D eigenvalue weighted by atomic mass is 10.0. The second-order valence-corrected chi connectivity index (χ2v) is 26.1. The Morgan fingerprint density at radius 3 is 0.821 bits per heavy atom. The van der Waals surface area contributed by atoms with Crippen LogP contribution in [-0.4, -0.2) is 143 Å². The van der Waals surface area contributed by atoms with E-state index in [1.807, 2.05) is 0 Å². The van der Waals surface area contributed by atoms with E-state index in [1.165, 1.54) is 51.4 Å². The van der Waals surface area contributed by atoms with Crippen LogP contribution in [0, 0.1) is 0 Å². The van der Waals surface area contributed by atoms with E-state index in [4.69, 9.17) is 18.9 Å². The van der Waals surface area contributed by atoms with Crippen molar-refractivity contribution in [2.75, 3.05) is 109 Å². The molecule has 0 spiro atoms. The number of benzene rings is 4. The number of unbranched alkanes of at least 4 members (excludes halogenated alkanes) is 8. The molecule has 0 saturated heterocycles. The quantitative estimate of drug-likeness (QED) is 0.0266. The lowest BCUT2D eigenvalue weighted by molar-refractivity contribution is -0.870. The molecule has 1 aliphatic rings. The first-order valence-electron chi connectivity index (χ1n) is 31.1. The summed E-state index contributed by atoms with van der Waals surface area (Å²) in [7, 11) is 20.0. The molecule has 0 unspecified atom stereocenters. The Morgan fingerprint density at radius 2 is 0.548 bits per heavy atom. The molecule has 11 heteroatoms. The first kappa shape index (κ1) is 61.1. The van der Waals surface area contributed by atoms with Gasteiger partial charge in [-0.25, -0.2) is 0 Å². The smallest absolute Gasteiger partial charge is 0.119 e. The maximum atomic E-state index is 6.57. The number of rotatable bonds is 30. The SMILES string of the molecule is CCCCCCCCCCCOc1cccc(C2=c3ccc([nH]3)=C(c3cccc(OCCC[N+](C)(C)C)c3)c3ccc([nH]3)C(c3cccc(OCCC[N+](C)(C)C)c3)=c3ccc([nH]3)=C(c3cccc(OCCC[N+](C)(C)C)c3)c3ccc2[nH]3)c1. The summed E-state index contributed by atoms with van der Waals surface area (Å²) in [6, 6.07) is 52.0. The van der Waals surface area contributed by atoms with E-state index >= 15 is 0 Å². The van der Waals surface area contributed by atoms with Gasteiger partial charge in [-0.1, -0.05) is 107 Å². The van der Waals surface area contributed by atoms with Gasteiger partial charge in [0.1, 0.15) is 23.0 Å². The highest BCUT2D eigenvalue weighted by Gasteiger charge is 2.21. The molecule has 0 saturated carbocycles. The zero-order valence-corrected chi connectivity index (χ0v) is 52.3. The lowest BCUT2D eigenvalue weighted by Gasteiger charge is -2.23. The molecule has 0 aliphatic carbocycles. The number of aromatic nitrogens is 4. The third-order valence-electron chi connectivity index (χ3n) is 15.6. The van der Waals surface area contributed by atoms with Crippen molar-refractivity contribution < 1.29 is 32.4 Å². The van der Waals surface area contributed by atoms with Crippen molar-refractivity contribution in [3.8, 4) is 23.0 Å². The Labute approximate surface area is 500 Å². The molecular formula is C73H96N7O4+3. The van der Waals surface area contributed by atoms with E-state index in [9.17, 15) is 0 Å². The van der Waals surface area contributed by atoms with E-state index in [0.29, 0.717) is 26.4 Å². The highest BCUT2D eigenvalue weighted by molar-refractivity contribution is 5.85. The summed E-state index contributed by atoms with van der Waals surface area (Å²) in [5.74, 6) is 3.38. The Morgan fingerprint density at radius 1 is 0.286 bits per heavy atom. The van der Waals surface area contributed by atoms with Crippen molar-refractivity contribution in [3.63, 3.8) is 0 Å². The maximum absolute atomic E-state index is 6.57. The molecule has 4 aromatic heterocycles. The standard InChI is InChI=1S/C73H96N7O4/c1-11-12-13-14-15-16-17-18-19-46-81-58-31-20-27-54(50-58)70-62-35-37-64(74-62)71(55-28-21-32-59(51-55)82-47-24-43-78(2,3)4)66-39-41-68(76-66)73(57-30-23-34-61(53-57)84-49-26-45-80(8,9)10)69-42-40-67(77-69)72(65-38-36-63(70)75-65)56-29-22-33-60(52-56)83-48-25-44-79(5,6)7/h20-23,27-42,50-53,74-77H,11-19,24-26,43-49H2,1-10H3/q+3. The van der Waals surface area contributed by atoms with Crippen molar-refractivity contribution in [2.24, 2.45) is 0 Å². The summed E-state index contributed by atoms with van der Waals surface area (Å²) < 4.78 is 28.8. The summed E-state index contributed by atoms with van der Waals surface area (Å²) in [6.45, 7) is 7.94. The fourth-order valence-electron chi connectivity index (χ4n) is 11.3. The Kier molecular flexibility index (Phi) is 20.7. The molecule has 84 heavy (non-hydrogen) atoms. The van der Waals surface area contributed by atoms with Gasteiger partial charge in [0.15, 0.2) is 0 Å². The minimum absolute atomic E-state index is 0.634. The van der Waals surface area contributed by atoms with E-state index < -0.39 is 0 Å². The number of nitrogens with one attached hydrogen (secondary N) is 4. The molecule has 0 atom stereocenters. The predicted molar refractivity (Wildman–Crippen MR) is 346 cm³/mol. The molecule has 0 amide bonds. The van der Waals surface area contributed by atoms with E-state index in [0.717, 1.165) is 170 Å². The van der Waals surface area contributed by atoms with Gasteiger partial charge in [0, 0.05) is 85.7 Å². The highest BCUT2D eigenvalue weighted by Crippen LogP contribution is 2.32. The van der Waals surface area contributed by atoms with Gasteiger partial charge in [0.2, 0.25) is 0 Å². The number of hydrogen-bond acceptors (Lipinski definition) is 4. The summed E-state index contributed by atoms with van der Waals surface area (Å²) in [5, 5.41) is 3.86. The molecule has 0 radical (unpaired) electrons. The largest absolute Gasteiger partial charge is 0.494 e. The van der Waals surface area contributed by atoms with Crippen LogP contribution in [0.25, 0.3) is 22.3 Å². The first-order chi connectivity index (χ1) is 40.5. The van der Waals surface area contributed by atoms with Crippen LogP contribution in [0.1, 0.15) is 129 Å². The minimum atomic E-state index is 0.634. The van der Waals surface area contributed by atoms with Crippen LogP contribution in [-0.2, 0) is 0 Å².